The average Bonchev–Trinajstić information content (AvgIpc) is 2.77. The third kappa shape index (κ3) is 2.71. The maximum Gasteiger partial charge on any atom is 0.229 e. The molecule has 1 saturated carbocycles. The predicted molar refractivity (Wildman–Crippen MR) is 74.4 cm³/mol. The summed E-state index contributed by atoms with van der Waals surface area (Å²) in [4.78, 5) is 15.1. The van der Waals surface area contributed by atoms with E-state index in [0.717, 1.165) is 38.9 Å². The van der Waals surface area contributed by atoms with Gasteiger partial charge in [0.1, 0.15) is 0 Å². The fourth-order valence-corrected chi connectivity index (χ4v) is 3.79. The molecule has 1 saturated heterocycles. The van der Waals surface area contributed by atoms with E-state index in [0.29, 0.717) is 17.9 Å². The lowest BCUT2D eigenvalue weighted by Crippen LogP contribution is -2.56. The Balaban J connectivity index is 2.12. The number of carbonyl (C=O) groups is 1. The summed E-state index contributed by atoms with van der Waals surface area (Å²) in [6, 6.07) is 0.357. The molecule has 1 heterocycles. The van der Waals surface area contributed by atoms with Crippen molar-refractivity contribution < 1.29 is 4.79 Å². The van der Waals surface area contributed by atoms with Gasteiger partial charge in [0.25, 0.3) is 0 Å². The Kier molecular flexibility index (Phi) is 4.31. The molecule has 1 N–H and O–H groups in total. The highest BCUT2D eigenvalue weighted by atomic mass is 16.2. The van der Waals surface area contributed by atoms with Crippen LogP contribution in [0.5, 0.6) is 0 Å². The molecule has 2 fully saturated rings. The van der Waals surface area contributed by atoms with E-state index in [1.807, 2.05) is 0 Å². The Morgan fingerprint density at radius 1 is 1.39 bits per heavy atom. The van der Waals surface area contributed by atoms with Crippen LogP contribution in [0.25, 0.3) is 0 Å². The Morgan fingerprint density at radius 2 is 2.06 bits per heavy atom. The second kappa shape index (κ2) is 5.60. The van der Waals surface area contributed by atoms with Crippen molar-refractivity contribution in [3.8, 4) is 0 Å². The molecule has 0 aromatic rings. The van der Waals surface area contributed by atoms with Crippen LogP contribution in [-0.2, 0) is 4.79 Å². The first kappa shape index (κ1) is 13.9. The van der Waals surface area contributed by atoms with E-state index >= 15 is 0 Å². The van der Waals surface area contributed by atoms with Crippen molar-refractivity contribution >= 4 is 5.91 Å². The smallest absolute Gasteiger partial charge is 0.229 e. The Labute approximate surface area is 111 Å². The molecule has 0 aromatic heterocycles. The van der Waals surface area contributed by atoms with Gasteiger partial charge in [-0.15, -0.1) is 0 Å². The first-order valence-electron chi connectivity index (χ1n) is 7.57. The lowest BCUT2D eigenvalue weighted by molar-refractivity contribution is -0.146. The van der Waals surface area contributed by atoms with Gasteiger partial charge in [0.05, 0.1) is 0 Å². The monoisotopic (exact) mass is 252 g/mol. The van der Waals surface area contributed by atoms with Crippen LogP contribution in [0.1, 0.15) is 52.9 Å². The second-order valence-corrected chi connectivity index (χ2v) is 6.64. The number of hydrogen-bond donors (Lipinski definition) is 1. The van der Waals surface area contributed by atoms with Crippen molar-refractivity contribution in [2.75, 3.05) is 19.6 Å². The van der Waals surface area contributed by atoms with E-state index in [9.17, 15) is 4.79 Å². The second-order valence-electron chi connectivity index (χ2n) is 6.64. The van der Waals surface area contributed by atoms with Gasteiger partial charge in [-0.05, 0) is 32.1 Å². The van der Waals surface area contributed by atoms with E-state index in [4.69, 9.17) is 0 Å². The molecule has 0 unspecified atom stereocenters. The molecular formula is C15H28N2O. The summed E-state index contributed by atoms with van der Waals surface area (Å²) in [7, 11) is 0. The minimum Gasteiger partial charge on any atom is -0.337 e. The van der Waals surface area contributed by atoms with E-state index < -0.39 is 0 Å². The number of amides is 1. The molecule has 3 heteroatoms. The highest BCUT2D eigenvalue weighted by Crippen LogP contribution is 2.45. The Morgan fingerprint density at radius 3 is 2.61 bits per heavy atom. The van der Waals surface area contributed by atoms with Crippen molar-refractivity contribution in [3.63, 3.8) is 0 Å². The van der Waals surface area contributed by atoms with Gasteiger partial charge in [-0.25, -0.2) is 0 Å². The van der Waals surface area contributed by atoms with Crippen LogP contribution in [0.3, 0.4) is 0 Å². The zero-order valence-electron chi connectivity index (χ0n) is 12.2. The molecule has 104 valence electrons. The average molecular weight is 252 g/mol. The predicted octanol–water partition coefficient (Wildman–Crippen LogP) is 2.41. The fourth-order valence-electron chi connectivity index (χ4n) is 3.79. The molecule has 1 atom stereocenters. The first-order chi connectivity index (χ1) is 8.55. The van der Waals surface area contributed by atoms with Crippen LogP contribution in [-0.4, -0.2) is 36.5 Å². The molecule has 1 amide bonds. The van der Waals surface area contributed by atoms with E-state index in [1.165, 1.54) is 12.8 Å². The molecule has 0 bridgehead atoms. The van der Waals surface area contributed by atoms with Gasteiger partial charge in [-0.1, -0.05) is 26.7 Å². The number of nitrogens with one attached hydrogen (secondary N) is 1. The van der Waals surface area contributed by atoms with E-state index in [2.05, 4.69) is 31.0 Å². The Bertz CT molecular complexity index is 295. The van der Waals surface area contributed by atoms with Crippen molar-refractivity contribution in [1.82, 2.24) is 10.2 Å². The number of hydrogen-bond acceptors (Lipinski definition) is 2. The largest absolute Gasteiger partial charge is 0.337 e. The summed E-state index contributed by atoms with van der Waals surface area (Å²) < 4.78 is 0. The highest BCUT2D eigenvalue weighted by molar-refractivity contribution is 5.83. The van der Waals surface area contributed by atoms with Crippen LogP contribution >= 0.6 is 0 Å². The zero-order chi connectivity index (χ0) is 13.2. The maximum atomic E-state index is 13.0. The number of carbonyl (C=O) groups excluding carboxylic acids is 1. The van der Waals surface area contributed by atoms with Crippen LogP contribution in [0.4, 0.5) is 0 Å². The molecule has 2 rings (SSSR count). The SMILES string of the molecule is CC(C)CC1(C(=O)N2CCNC[C@H]2C)CCCC1. The van der Waals surface area contributed by atoms with E-state index in [1.54, 1.807) is 0 Å². The summed E-state index contributed by atoms with van der Waals surface area (Å²) in [5.74, 6) is 1.06. The number of rotatable bonds is 3. The van der Waals surface area contributed by atoms with Crippen molar-refractivity contribution in [2.24, 2.45) is 11.3 Å². The number of nitrogens with zero attached hydrogens (tertiary/aromatic N) is 1. The van der Waals surface area contributed by atoms with Gasteiger partial charge < -0.3 is 10.2 Å². The van der Waals surface area contributed by atoms with Crippen LogP contribution in [0, 0.1) is 11.3 Å². The maximum absolute atomic E-state index is 13.0. The summed E-state index contributed by atoms with van der Waals surface area (Å²) >= 11 is 0. The van der Waals surface area contributed by atoms with Gasteiger partial charge in [-0.2, -0.15) is 0 Å². The molecule has 1 aliphatic carbocycles. The Hall–Kier alpha value is -0.570. The van der Waals surface area contributed by atoms with Gasteiger partial charge >= 0.3 is 0 Å². The molecule has 18 heavy (non-hydrogen) atoms. The van der Waals surface area contributed by atoms with Gasteiger partial charge in [0.2, 0.25) is 5.91 Å². The van der Waals surface area contributed by atoms with Gasteiger partial charge in [-0.3, -0.25) is 4.79 Å². The van der Waals surface area contributed by atoms with Crippen LogP contribution in [0.15, 0.2) is 0 Å². The molecule has 0 aromatic carbocycles. The minimum atomic E-state index is -0.0280. The molecule has 0 radical (unpaired) electrons. The van der Waals surface area contributed by atoms with Crippen molar-refractivity contribution in [2.45, 2.75) is 58.9 Å². The van der Waals surface area contributed by atoms with Gasteiger partial charge in [0, 0.05) is 31.1 Å². The van der Waals surface area contributed by atoms with Gasteiger partial charge in [0.15, 0.2) is 0 Å². The quantitative estimate of drug-likeness (QED) is 0.836. The van der Waals surface area contributed by atoms with E-state index in [-0.39, 0.29) is 5.41 Å². The summed E-state index contributed by atoms with van der Waals surface area (Å²) in [5.41, 5.74) is -0.0280. The van der Waals surface area contributed by atoms with Crippen molar-refractivity contribution in [1.29, 1.82) is 0 Å². The molecule has 1 aliphatic heterocycles. The lowest BCUT2D eigenvalue weighted by atomic mass is 9.77. The fraction of sp³-hybridized carbons (Fsp3) is 0.933. The third-order valence-corrected chi connectivity index (χ3v) is 4.58. The summed E-state index contributed by atoms with van der Waals surface area (Å²) in [6.45, 7) is 9.45. The third-order valence-electron chi connectivity index (χ3n) is 4.58. The first-order valence-corrected chi connectivity index (χ1v) is 7.57. The van der Waals surface area contributed by atoms with Crippen LogP contribution < -0.4 is 5.32 Å². The molecule has 2 aliphatic rings. The summed E-state index contributed by atoms with van der Waals surface area (Å²) in [6.07, 6.45) is 5.77. The number of piperazine rings is 1. The molecule has 3 nitrogen and oxygen atoms in total. The highest BCUT2D eigenvalue weighted by Gasteiger charge is 2.44. The standard InChI is InChI=1S/C15H28N2O/c1-12(2)10-15(6-4-5-7-15)14(18)17-9-8-16-11-13(17)3/h12-13,16H,4-11H2,1-3H3/t13-/m1/s1. The lowest BCUT2D eigenvalue weighted by Gasteiger charge is -2.41. The minimum absolute atomic E-state index is 0.0280. The normalized spacial score (nSPS) is 27.8. The van der Waals surface area contributed by atoms with Crippen molar-refractivity contribution in [3.05, 3.63) is 0 Å². The zero-order valence-corrected chi connectivity index (χ0v) is 12.2. The summed E-state index contributed by atoms with van der Waals surface area (Å²) in [5, 5.41) is 3.37. The molecule has 0 spiro atoms. The topological polar surface area (TPSA) is 32.3 Å². The van der Waals surface area contributed by atoms with Crippen LogP contribution in [0.2, 0.25) is 0 Å². The molecular weight excluding hydrogens is 224 g/mol.